The van der Waals surface area contributed by atoms with Crippen molar-refractivity contribution in [2.45, 2.75) is 6.61 Å². The number of hydrogen-bond donors (Lipinski definition) is 1. The average Bonchev–Trinajstić information content (AvgIpc) is 1.89. The van der Waals surface area contributed by atoms with Gasteiger partial charge >= 0.3 is 0 Å². The van der Waals surface area contributed by atoms with Crippen LogP contribution in [0.1, 0.15) is 5.56 Å². The summed E-state index contributed by atoms with van der Waals surface area (Å²) in [6.07, 6.45) is 0. The first-order valence-corrected chi connectivity index (χ1v) is 2.98. The SMILES string of the molecule is OCc1ccc[c-]c1Cl.[W]. The maximum atomic E-state index is 8.61. The van der Waals surface area contributed by atoms with E-state index in [2.05, 4.69) is 6.07 Å². The summed E-state index contributed by atoms with van der Waals surface area (Å²) in [5.41, 5.74) is 0.721. The Morgan fingerprint density at radius 3 is 2.70 bits per heavy atom. The third kappa shape index (κ3) is 2.41. The summed E-state index contributed by atoms with van der Waals surface area (Å²) in [5, 5.41) is 9.11. The van der Waals surface area contributed by atoms with Crippen LogP contribution in [0.5, 0.6) is 0 Å². The van der Waals surface area contributed by atoms with Gasteiger partial charge in [-0.2, -0.15) is 24.3 Å². The Hall–Kier alpha value is 0.158. The van der Waals surface area contributed by atoms with Crippen molar-refractivity contribution in [3.8, 4) is 0 Å². The summed E-state index contributed by atoms with van der Waals surface area (Å²) < 4.78 is 0. The summed E-state index contributed by atoms with van der Waals surface area (Å²) in [7, 11) is 0. The molecule has 3 heteroatoms. The van der Waals surface area contributed by atoms with E-state index >= 15 is 0 Å². The van der Waals surface area contributed by atoms with Crippen molar-refractivity contribution >= 4 is 11.6 Å². The van der Waals surface area contributed by atoms with Gasteiger partial charge in [0.05, 0.1) is 0 Å². The second-order valence-corrected chi connectivity index (χ2v) is 2.05. The predicted molar refractivity (Wildman–Crippen MR) is 36.2 cm³/mol. The molecule has 0 bridgehead atoms. The van der Waals surface area contributed by atoms with Crippen molar-refractivity contribution in [1.29, 1.82) is 0 Å². The molecular formula is C7H6ClOW-. The minimum Gasteiger partial charge on any atom is -0.404 e. The van der Waals surface area contributed by atoms with Crippen molar-refractivity contribution < 1.29 is 26.2 Å². The molecule has 0 unspecified atom stereocenters. The van der Waals surface area contributed by atoms with Gasteiger partial charge in [0, 0.05) is 27.7 Å². The second kappa shape index (κ2) is 4.90. The van der Waals surface area contributed by atoms with Crippen molar-refractivity contribution in [2.75, 3.05) is 0 Å². The molecule has 10 heavy (non-hydrogen) atoms. The Bertz CT molecular complexity index is 203. The Labute approximate surface area is 79.3 Å². The number of rotatable bonds is 1. The second-order valence-electron chi connectivity index (χ2n) is 1.67. The van der Waals surface area contributed by atoms with Crippen LogP contribution in [0.4, 0.5) is 0 Å². The van der Waals surface area contributed by atoms with Gasteiger partial charge in [-0.15, -0.1) is 17.2 Å². The van der Waals surface area contributed by atoms with E-state index in [1.807, 2.05) is 0 Å². The van der Waals surface area contributed by atoms with Crippen LogP contribution in [0.25, 0.3) is 0 Å². The molecule has 1 aromatic rings. The molecule has 0 fully saturated rings. The van der Waals surface area contributed by atoms with Gasteiger partial charge in [0.2, 0.25) is 0 Å². The van der Waals surface area contributed by atoms with E-state index in [4.69, 9.17) is 16.7 Å². The summed E-state index contributed by atoms with van der Waals surface area (Å²) in [4.78, 5) is 0. The molecule has 0 atom stereocenters. The predicted octanol–water partition coefficient (Wildman–Crippen LogP) is 1.63. The summed E-state index contributed by atoms with van der Waals surface area (Å²) >= 11 is 5.61. The molecule has 0 radical (unpaired) electrons. The number of halogens is 1. The molecule has 1 rings (SSSR count). The first kappa shape index (κ1) is 10.2. The minimum atomic E-state index is -0.0177. The van der Waals surface area contributed by atoms with E-state index in [1.54, 1.807) is 18.2 Å². The molecule has 0 amide bonds. The van der Waals surface area contributed by atoms with Gasteiger partial charge in [0.25, 0.3) is 0 Å². The Kier molecular flexibility index (Phi) is 4.97. The van der Waals surface area contributed by atoms with Gasteiger partial charge < -0.3 is 5.11 Å². The van der Waals surface area contributed by atoms with Crippen molar-refractivity contribution in [3.05, 3.63) is 34.9 Å². The topological polar surface area (TPSA) is 20.2 Å². The van der Waals surface area contributed by atoms with Gasteiger partial charge in [-0.05, 0) is 0 Å². The first-order valence-electron chi connectivity index (χ1n) is 2.60. The quantitative estimate of drug-likeness (QED) is 0.778. The van der Waals surface area contributed by atoms with Crippen LogP contribution in [0, 0.1) is 6.07 Å². The van der Waals surface area contributed by atoms with Gasteiger partial charge in [0.1, 0.15) is 0 Å². The number of benzene rings is 1. The maximum absolute atomic E-state index is 8.61. The Morgan fingerprint density at radius 1 is 1.60 bits per heavy atom. The molecule has 0 saturated carbocycles. The molecule has 0 saturated heterocycles. The van der Waals surface area contributed by atoms with Crippen LogP contribution >= 0.6 is 11.6 Å². The standard InChI is InChI=1S/C7H6ClO.W/c8-7-4-2-1-3-6(7)5-9;/h1-3,9H,5H2;/q-1;. The summed E-state index contributed by atoms with van der Waals surface area (Å²) in [6.45, 7) is -0.0177. The third-order valence-electron chi connectivity index (χ3n) is 1.06. The van der Waals surface area contributed by atoms with Crippen molar-refractivity contribution in [2.24, 2.45) is 0 Å². The molecule has 0 aliphatic heterocycles. The fourth-order valence-corrected chi connectivity index (χ4v) is 0.759. The average molecular weight is 325 g/mol. The molecule has 54 valence electrons. The van der Waals surface area contributed by atoms with Gasteiger partial charge in [-0.1, -0.05) is 5.02 Å². The van der Waals surface area contributed by atoms with E-state index in [1.165, 1.54) is 0 Å². The molecule has 0 aromatic heterocycles. The zero-order valence-electron chi connectivity index (χ0n) is 5.17. The molecule has 0 spiro atoms. The smallest absolute Gasteiger partial charge is 0.0252 e. The monoisotopic (exact) mass is 325 g/mol. The molecule has 0 heterocycles. The zero-order valence-corrected chi connectivity index (χ0v) is 8.86. The maximum Gasteiger partial charge on any atom is 0.0252 e. The van der Waals surface area contributed by atoms with Crippen LogP contribution in [0.2, 0.25) is 5.02 Å². The van der Waals surface area contributed by atoms with E-state index in [-0.39, 0.29) is 27.7 Å². The molecule has 1 aromatic carbocycles. The molecule has 1 nitrogen and oxygen atoms in total. The fraction of sp³-hybridized carbons (Fsp3) is 0.143. The van der Waals surface area contributed by atoms with Gasteiger partial charge in [-0.3, -0.25) is 0 Å². The Balaban J connectivity index is 0.000000810. The van der Waals surface area contributed by atoms with Crippen LogP contribution in [0.3, 0.4) is 0 Å². The number of aliphatic hydroxyl groups is 1. The Morgan fingerprint density at radius 2 is 2.30 bits per heavy atom. The van der Waals surface area contributed by atoms with Crippen molar-refractivity contribution in [1.82, 2.24) is 0 Å². The van der Waals surface area contributed by atoms with E-state index in [0.29, 0.717) is 5.02 Å². The van der Waals surface area contributed by atoms with E-state index < -0.39 is 0 Å². The third-order valence-corrected chi connectivity index (χ3v) is 1.41. The molecule has 0 aliphatic rings. The summed E-state index contributed by atoms with van der Waals surface area (Å²) in [5.74, 6) is 0. The van der Waals surface area contributed by atoms with Crippen LogP contribution in [-0.2, 0) is 27.7 Å². The number of aliphatic hydroxyl groups excluding tert-OH is 1. The molecule has 1 N–H and O–H groups in total. The van der Waals surface area contributed by atoms with Gasteiger partial charge in [-0.25, -0.2) is 0 Å². The van der Waals surface area contributed by atoms with E-state index in [0.717, 1.165) is 5.56 Å². The fourth-order valence-electron chi connectivity index (χ4n) is 0.574. The van der Waals surface area contributed by atoms with Crippen LogP contribution in [0.15, 0.2) is 18.2 Å². The van der Waals surface area contributed by atoms with Gasteiger partial charge in [0.15, 0.2) is 0 Å². The zero-order chi connectivity index (χ0) is 6.69. The first-order chi connectivity index (χ1) is 4.34. The number of hydrogen-bond acceptors (Lipinski definition) is 1. The van der Waals surface area contributed by atoms with Crippen molar-refractivity contribution in [3.63, 3.8) is 0 Å². The molecular weight excluding hydrogens is 319 g/mol. The van der Waals surface area contributed by atoms with Crippen LogP contribution in [-0.4, -0.2) is 5.11 Å². The van der Waals surface area contributed by atoms with Crippen LogP contribution < -0.4 is 0 Å². The normalized spacial score (nSPS) is 8.60. The molecule has 0 aliphatic carbocycles. The van der Waals surface area contributed by atoms with E-state index in [9.17, 15) is 0 Å². The minimum absolute atomic E-state index is 0. The largest absolute Gasteiger partial charge is 0.404 e. The summed E-state index contributed by atoms with van der Waals surface area (Å²) in [6, 6.07) is 8.02.